The average molecular weight is 436 g/mol. The van der Waals surface area contributed by atoms with Crippen molar-refractivity contribution in [3.8, 4) is 11.1 Å². The highest BCUT2D eigenvalue weighted by Crippen LogP contribution is 2.44. The lowest BCUT2D eigenvalue weighted by atomic mass is 9.90. The zero-order valence-electron chi connectivity index (χ0n) is 18.9. The summed E-state index contributed by atoms with van der Waals surface area (Å²) in [7, 11) is 5.43. The van der Waals surface area contributed by atoms with Gasteiger partial charge in [0, 0.05) is 35.3 Å². The van der Waals surface area contributed by atoms with Gasteiger partial charge >= 0.3 is 0 Å². The first-order chi connectivity index (χ1) is 15.2. The van der Waals surface area contributed by atoms with Crippen molar-refractivity contribution in [1.29, 1.82) is 0 Å². The third-order valence-corrected chi connectivity index (χ3v) is 6.29. The summed E-state index contributed by atoms with van der Waals surface area (Å²) < 4.78 is 0. The zero-order valence-corrected chi connectivity index (χ0v) is 18.9. The van der Waals surface area contributed by atoms with Crippen molar-refractivity contribution < 1.29 is 9.90 Å². The quantitative estimate of drug-likeness (QED) is 0.287. The number of nitrogens with two attached hydrogens (primary N) is 1. The van der Waals surface area contributed by atoms with E-state index in [1.165, 1.54) is 0 Å². The monoisotopic (exact) mass is 435 g/mol. The molecular weight excluding hydrogens is 406 g/mol. The lowest BCUT2D eigenvalue weighted by molar-refractivity contribution is -0.110. The Bertz CT molecular complexity index is 1180. The number of rotatable bonds is 6. The summed E-state index contributed by atoms with van der Waals surface area (Å²) in [6, 6.07) is 7.27. The molecule has 1 atom stereocenters. The van der Waals surface area contributed by atoms with Gasteiger partial charge in [-0.3, -0.25) is 20.6 Å². The number of nitrogens with zero attached hydrogens (tertiary/aromatic N) is 3. The van der Waals surface area contributed by atoms with Crippen LogP contribution in [0, 0.1) is 0 Å². The van der Waals surface area contributed by atoms with E-state index in [0.717, 1.165) is 39.6 Å². The molecule has 0 amide bonds. The number of likely N-dealkylation sites (N-methyl/N-ethyl adjacent to an activating group) is 2. The number of benzene rings is 1. The molecule has 6 N–H and O–H groups in total. The topological polar surface area (TPSA) is 128 Å². The predicted molar refractivity (Wildman–Crippen MR) is 126 cm³/mol. The summed E-state index contributed by atoms with van der Waals surface area (Å²) in [6.07, 6.45) is 4.39. The first-order valence-electron chi connectivity index (χ1n) is 10.4. The van der Waals surface area contributed by atoms with Gasteiger partial charge in [-0.1, -0.05) is 6.07 Å². The number of aldehydes is 1. The normalized spacial score (nSPS) is 17.6. The van der Waals surface area contributed by atoms with E-state index >= 15 is 0 Å². The number of pyridine rings is 2. The number of hydrazine groups is 1. The Hall–Kier alpha value is -3.11. The van der Waals surface area contributed by atoms with Crippen LogP contribution in [-0.4, -0.2) is 48.5 Å². The highest BCUT2D eigenvalue weighted by atomic mass is 16.3. The lowest BCUT2D eigenvalue weighted by Gasteiger charge is -2.35. The second-order valence-electron chi connectivity index (χ2n) is 8.45. The van der Waals surface area contributed by atoms with Crippen LogP contribution < -0.4 is 26.8 Å². The van der Waals surface area contributed by atoms with Gasteiger partial charge in [0.1, 0.15) is 23.8 Å². The number of aliphatic hydroxyl groups is 1. The van der Waals surface area contributed by atoms with Crippen molar-refractivity contribution in [2.24, 2.45) is 0 Å². The number of hydrogen-bond donors (Lipinski definition) is 5. The van der Waals surface area contributed by atoms with E-state index in [1.807, 2.05) is 43.4 Å². The minimum atomic E-state index is -1.12. The van der Waals surface area contributed by atoms with Crippen LogP contribution in [0.5, 0.6) is 0 Å². The van der Waals surface area contributed by atoms with Crippen molar-refractivity contribution in [3.63, 3.8) is 0 Å². The maximum absolute atomic E-state index is 12.1. The van der Waals surface area contributed by atoms with Crippen LogP contribution in [0.4, 0.5) is 11.5 Å². The van der Waals surface area contributed by atoms with Gasteiger partial charge in [0.25, 0.3) is 0 Å². The standard InChI is InChI=1S/C23H29N7O2/c1-22(2,32)16-9-14(10-29-21(16)24)13-6-7-17-15(8-13)20-18(11-28-17)30(27-5)19(12-31)23(20,25-3)26-4/h6-12,19,25-27,32H,1-5H3,(H2,24,29). The second-order valence-corrected chi connectivity index (χ2v) is 8.45. The van der Waals surface area contributed by atoms with E-state index in [2.05, 4.69) is 26.0 Å². The Morgan fingerprint density at radius 1 is 1.12 bits per heavy atom. The number of nitrogen functional groups attached to an aromatic ring is 1. The Labute approximate surface area is 187 Å². The molecule has 3 aromatic rings. The molecule has 4 rings (SSSR count). The SMILES string of the molecule is CNN1c2cnc3ccc(-c4cnc(N)c(C(C)(C)O)c4)cc3c2C(NC)(NC)C1C=O. The molecule has 0 radical (unpaired) electrons. The molecule has 0 fully saturated rings. The van der Waals surface area contributed by atoms with Crippen molar-refractivity contribution in [2.75, 3.05) is 31.9 Å². The minimum absolute atomic E-state index is 0.299. The smallest absolute Gasteiger partial charge is 0.147 e. The molecule has 0 bridgehead atoms. The van der Waals surface area contributed by atoms with Gasteiger partial charge in [0.2, 0.25) is 0 Å². The molecule has 32 heavy (non-hydrogen) atoms. The summed E-state index contributed by atoms with van der Waals surface area (Å²) in [5.74, 6) is 0.299. The lowest BCUT2D eigenvalue weighted by Crippen LogP contribution is -2.62. The summed E-state index contributed by atoms with van der Waals surface area (Å²) in [5, 5.41) is 19.8. The molecule has 1 aliphatic rings. The molecule has 1 aliphatic heterocycles. The Morgan fingerprint density at radius 3 is 2.44 bits per heavy atom. The fraction of sp³-hybridized carbons (Fsp3) is 0.348. The van der Waals surface area contributed by atoms with Crippen LogP contribution in [0.15, 0.2) is 36.7 Å². The Morgan fingerprint density at radius 2 is 1.84 bits per heavy atom. The third-order valence-electron chi connectivity index (χ3n) is 6.29. The number of anilines is 2. The van der Waals surface area contributed by atoms with E-state index in [0.29, 0.717) is 11.4 Å². The van der Waals surface area contributed by atoms with Crippen LogP contribution >= 0.6 is 0 Å². The maximum Gasteiger partial charge on any atom is 0.147 e. The molecule has 0 saturated carbocycles. The number of hydrogen-bond acceptors (Lipinski definition) is 9. The maximum atomic E-state index is 12.1. The zero-order chi connectivity index (χ0) is 23.3. The average Bonchev–Trinajstić information content (AvgIpc) is 3.07. The van der Waals surface area contributed by atoms with Gasteiger partial charge < -0.3 is 15.6 Å². The van der Waals surface area contributed by atoms with Gasteiger partial charge in [-0.2, -0.15) is 0 Å². The van der Waals surface area contributed by atoms with E-state index < -0.39 is 17.3 Å². The van der Waals surface area contributed by atoms with E-state index in [-0.39, 0.29) is 0 Å². The van der Waals surface area contributed by atoms with Crippen molar-refractivity contribution in [2.45, 2.75) is 31.2 Å². The van der Waals surface area contributed by atoms with Gasteiger partial charge in [0.15, 0.2) is 0 Å². The van der Waals surface area contributed by atoms with Crippen LogP contribution in [0.3, 0.4) is 0 Å². The summed E-state index contributed by atoms with van der Waals surface area (Å²) >= 11 is 0. The molecule has 0 saturated heterocycles. The molecule has 0 spiro atoms. The summed E-state index contributed by atoms with van der Waals surface area (Å²) in [4.78, 5) is 21.1. The number of aromatic nitrogens is 2. The molecule has 168 valence electrons. The van der Waals surface area contributed by atoms with Gasteiger partial charge in [-0.05, 0) is 51.7 Å². The second kappa shape index (κ2) is 7.79. The van der Waals surface area contributed by atoms with Crippen molar-refractivity contribution in [3.05, 3.63) is 47.8 Å². The number of carbonyl (C=O) groups is 1. The molecule has 1 aromatic carbocycles. The van der Waals surface area contributed by atoms with Crippen LogP contribution in [-0.2, 0) is 16.1 Å². The van der Waals surface area contributed by atoms with E-state index in [1.54, 1.807) is 33.3 Å². The number of fused-ring (bicyclic) bond motifs is 3. The number of nitrogens with one attached hydrogen (secondary N) is 3. The molecule has 2 aromatic heterocycles. The molecular formula is C23H29N7O2. The summed E-state index contributed by atoms with van der Waals surface area (Å²) in [5.41, 5.74) is 12.0. The molecule has 9 heteroatoms. The van der Waals surface area contributed by atoms with Crippen LogP contribution in [0.2, 0.25) is 0 Å². The van der Waals surface area contributed by atoms with Crippen LogP contribution in [0.1, 0.15) is 25.0 Å². The fourth-order valence-electron chi connectivity index (χ4n) is 4.67. The van der Waals surface area contributed by atoms with Crippen molar-refractivity contribution >= 4 is 28.7 Å². The summed E-state index contributed by atoms with van der Waals surface area (Å²) in [6.45, 7) is 3.36. The molecule has 1 unspecified atom stereocenters. The largest absolute Gasteiger partial charge is 0.386 e. The van der Waals surface area contributed by atoms with E-state index in [9.17, 15) is 9.90 Å². The Kier molecular flexibility index (Phi) is 5.38. The fourth-order valence-corrected chi connectivity index (χ4v) is 4.67. The minimum Gasteiger partial charge on any atom is -0.386 e. The molecule has 3 heterocycles. The molecule has 9 nitrogen and oxygen atoms in total. The van der Waals surface area contributed by atoms with Crippen molar-refractivity contribution in [1.82, 2.24) is 26.0 Å². The van der Waals surface area contributed by atoms with E-state index in [4.69, 9.17) is 5.73 Å². The van der Waals surface area contributed by atoms with Gasteiger partial charge in [-0.25, -0.2) is 10.4 Å². The highest BCUT2D eigenvalue weighted by Gasteiger charge is 2.51. The predicted octanol–water partition coefficient (Wildman–Crippen LogP) is 1.22. The first-order valence-corrected chi connectivity index (χ1v) is 10.4. The first kappa shape index (κ1) is 22.1. The molecule has 0 aliphatic carbocycles. The van der Waals surface area contributed by atoms with Gasteiger partial charge in [-0.15, -0.1) is 0 Å². The third kappa shape index (κ3) is 3.13. The highest BCUT2D eigenvalue weighted by molar-refractivity contribution is 5.95. The van der Waals surface area contributed by atoms with Gasteiger partial charge in [0.05, 0.1) is 23.0 Å². The number of carbonyl (C=O) groups excluding carboxylic acids is 1. The van der Waals surface area contributed by atoms with Crippen LogP contribution in [0.25, 0.3) is 22.0 Å². The Balaban J connectivity index is 1.99.